The molecule has 0 bridgehead atoms. The quantitative estimate of drug-likeness (QED) is 0.187. The van der Waals surface area contributed by atoms with E-state index in [2.05, 4.69) is 127 Å². The normalized spacial score (nSPS) is 11.8. The van der Waals surface area contributed by atoms with Crippen molar-refractivity contribution in [3.8, 4) is 45.3 Å². The number of para-hydroxylation sites is 2. The van der Waals surface area contributed by atoms with Crippen LogP contribution in [-0.4, -0.2) is 15.0 Å². The zero-order chi connectivity index (χ0) is 34.2. The van der Waals surface area contributed by atoms with E-state index in [1.54, 1.807) is 0 Å². The summed E-state index contributed by atoms with van der Waals surface area (Å²) in [6, 6.07) is 56.4. The van der Waals surface area contributed by atoms with E-state index in [4.69, 9.17) is 23.8 Å². The van der Waals surface area contributed by atoms with Crippen molar-refractivity contribution in [3.05, 3.63) is 164 Å². The second kappa shape index (κ2) is 11.2. The molecule has 11 aromatic rings. The smallest absolute Gasteiger partial charge is 0.167 e. The summed E-state index contributed by atoms with van der Waals surface area (Å²) in [5.74, 6) is 1.70. The fourth-order valence-electron chi connectivity index (χ4n) is 7.53. The second-order valence-electron chi connectivity index (χ2n) is 13.2. The van der Waals surface area contributed by atoms with E-state index in [0.29, 0.717) is 17.5 Å². The molecule has 11 rings (SSSR count). The molecule has 5 heteroatoms. The maximum absolute atomic E-state index is 6.68. The predicted octanol–water partition coefficient (Wildman–Crippen LogP) is 12.6. The van der Waals surface area contributed by atoms with Gasteiger partial charge in [0.05, 0.1) is 5.56 Å². The summed E-state index contributed by atoms with van der Waals surface area (Å²) in [7, 11) is 0. The molecule has 242 valence electrons. The first-order valence-corrected chi connectivity index (χ1v) is 17.3. The van der Waals surface area contributed by atoms with Crippen molar-refractivity contribution in [2.24, 2.45) is 0 Å². The molecule has 5 nitrogen and oxygen atoms in total. The van der Waals surface area contributed by atoms with E-state index in [-0.39, 0.29) is 0 Å². The Bertz CT molecular complexity index is 3190. The van der Waals surface area contributed by atoms with Crippen LogP contribution in [0.4, 0.5) is 0 Å². The predicted molar refractivity (Wildman–Crippen MR) is 211 cm³/mol. The first kappa shape index (κ1) is 28.7. The monoisotopic (exact) mass is 665 g/mol. The third kappa shape index (κ3) is 4.53. The lowest BCUT2D eigenvalue weighted by Crippen LogP contribution is -2.00. The molecule has 3 heterocycles. The summed E-state index contributed by atoms with van der Waals surface area (Å²) in [6.07, 6.45) is 0. The van der Waals surface area contributed by atoms with Crippen LogP contribution in [0.15, 0.2) is 173 Å². The molecular weight excluding hydrogens is 639 g/mol. The summed E-state index contributed by atoms with van der Waals surface area (Å²) in [6.45, 7) is 0. The zero-order valence-electron chi connectivity index (χ0n) is 27.7. The van der Waals surface area contributed by atoms with Crippen LogP contribution in [0, 0.1) is 0 Å². The van der Waals surface area contributed by atoms with Crippen molar-refractivity contribution >= 4 is 65.4 Å². The highest BCUT2D eigenvalue weighted by Crippen LogP contribution is 2.41. The zero-order valence-corrected chi connectivity index (χ0v) is 27.7. The van der Waals surface area contributed by atoms with Crippen molar-refractivity contribution in [1.82, 2.24) is 15.0 Å². The van der Waals surface area contributed by atoms with Gasteiger partial charge in [0.15, 0.2) is 17.5 Å². The SMILES string of the molecule is c1ccc(-c2cc(-c3nc(-c4ccc5ccccc5c4)nc(-c4cccc5c4oc4ccccc45)n3)cc3c2oc2cc4ccccc4cc23)cc1. The molecule has 3 aromatic heterocycles. The Balaban J connectivity index is 1.21. The van der Waals surface area contributed by atoms with Gasteiger partial charge < -0.3 is 8.83 Å². The van der Waals surface area contributed by atoms with E-state index in [1.807, 2.05) is 36.4 Å². The highest BCUT2D eigenvalue weighted by molar-refractivity contribution is 6.14. The number of fused-ring (bicyclic) bond motifs is 8. The largest absolute Gasteiger partial charge is 0.455 e. The number of rotatable bonds is 4. The van der Waals surface area contributed by atoms with Gasteiger partial charge >= 0.3 is 0 Å². The molecule has 0 unspecified atom stereocenters. The highest BCUT2D eigenvalue weighted by atomic mass is 16.3. The first-order valence-electron chi connectivity index (χ1n) is 17.3. The second-order valence-corrected chi connectivity index (χ2v) is 13.2. The Morgan fingerprint density at radius 1 is 0.308 bits per heavy atom. The van der Waals surface area contributed by atoms with Gasteiger partial charge in [-0.05, 0) is 69.6 Å². The van der Waals surface area contributed by atoms with Crippen molar-refractivity contribution in [2.45, 2.75) is 0 Å². The van der Waals surface area contributed by atoms with Crippen LogP contribution in [0.25, 0.3) is 111 Å². The van der Waals surface area contributed by atoms with Gasteiger partial charge in [0.1, 0.15) is 22.3 Å². The molecule has 0 atom stereocenters. The van der Waals surface area contributed by atoms with Gasteiger partial charge in [-0.1, -0.05) is 121 Å². The molecule has 0 radical (unpaired) electrons. The van der Waals surface area contributed by atoms with E-state index in [9.17, 15) is 0 Å². The Labute approximate surface area is 297 Å². The summed E-state index contributed by atoms with van der Waals surface area (Å²) in [5, 5.41) is 8.70. The van der Waals surface area contributed by atoms with Crippen LogP contribution in [-0.2, 0) is 0 Å². The molecule has 52 heavy (non-hydrogen) atoms. The molecule has 0 aliphatic carbocycles. The fraction of sp³-hybridized carbons (Fsp3) is 0. The van der Waals surface area contributed by atoms with Crippen molar-refractivity contribution in [3.63, 3.8) is 0 Å². The minimum atomic E-state index is 0.544. The topological polar surface area (TPSA) is 65.0 Å². The van der Waals surface area contributed by atoms with Crippen LogP contribution in [0.5, 0.6) is 0 Å². The molecule has 8 aromatic carbocycles. The lowest BCUT2D eigenvalue weighted by Gasteiger charge is -2.11. The number of aromatic nitrogens is 3. The minimum Gasteiger partial charge on any atom is -0.455 e. The van der Waals surface area contributed by atoms with Gasteiger partial charge in [0, 0.05) is 38.2 Å². The minimum absolute atomic E-state index is 0.544. The third-order valence-corrected chi connectivity index (χ3v) is 10.1. The number of nitrogens with zero attached hydrogens (tertiary/aromatic N) is 3. The maximum Gasteiger partial charge on any atom is 0.167 e. The van der Waals surface area contributed by atoms with E-state index in [1.165, 1.54) is 0 Å². The van der Waals surface area contributed by atoms with Crippen molar-refractivity contribution < 1.29 is 8.83 Å². The molecule has 0 aliphatic heterocycles. The Hall–Kier alpha value is -7.11. The molecule has 0 fully saturated rings. The van der Waals surface area contributed by atoms with Crippen LogP contribution in [0.3, 0.4) is 0 Å². The lowest BCUT2D eigenvalue weighted by atomic mass is 9.98. The van der Waals surface area contributed by atoms with Gasteiger partial charge in [-0.25, -0.2) is 15.0 Å². The molecule has 0 N–H and O–H groups in total. The molecule has 0 spiro atoms. The standard InChI is InChI=1S/C47H27N3O2/c1-2-12-29(13-3-1)38-25-34(26-40-39-24-31-15-6-7-16-32(31)27-42(39)52-44(38)40)46-48-45(33-22-21-28-11-4-5-14-30(28)23-33)49-47(50-46)37-19-10-18-36-35-17-8-9-20-41(35)51-43(36)37/h1-27H. The molecule has 0 aliphatic rings. The molecular formula is C47H27N3O2. The molecule has 0 saturated carbocycles. The van der Waals surface area contributed by atoms with Crippen LogP contribution in [0.1, 0.15) is 0 Å². The van der Waals surface area contributed by atoms with Gasteiger partial charge in [-0.2, -0.15) is 0 Å². The van der Waals surface area contributed by atoms with Crippen molar-refractivity contribution in [2.75, 3.05) is 0 Å². The Morgan fingerprint density at radius 2 is 0.942 bits per heavy atom. The summed E-state index contributed by atoms with van der Waals surface area (Å²) >= 11 is 0. The molecule has 0 saturated heterocycles. The van der Waals surface area contributed by atoms with Crippen molar-refractivity contribution in [1.29, 1.82) is 0 Å². The maximum atomic E-state index is 6.68. The van der Waals surface area contributed by atoms with Gasteiger partial charge in [-0.3, -0.25) is 0 Å². The van der Waals surface area contributed by atoms with Crippen LogP contribution < -0.4 is 0 Å². The molecule has 0 amide bonds. The lowest BCUT2D eigenvalue weighted by molar-refractivity contribution is 0.669. The Kier molecular flexibility index (Phi) is 6.18. The number of benzene rings is 8. The van der Waals surface area contributed by atoms with Crippen LogP contribution in [0.2, 0.25) is 0 Å². The number of hydrogen-bond acceptors (Lipinski definition) is 5. The van der Waals surface area contributed by atoms with Crippen LogP contribution >= 0.6 is 0 Å². The van der Waals surface area contributed by atoms with E-state index in [0.717, 1.165) is 93.2 Å². The van der Waals surface area contributed by atoms with E-state index < -0.39 is 0 Å². The summed E-state index contributed by atoms with van der Waals surface area (Å²) < 4.78 is 13.2. The average Bonchev–Trinajstić information content (AvgIpc) is 3.77. The highest BCUT2D eigenvalue weighted by Gasteiger charge is 2.21. The van der Waals surface area contributed by atoms with Gasteiger partial charge in [0.25, 0.3) is 0 Å². The fourth-order valence-corrected chi connectivity index (χ4v) is 7.53. The summed E-state index contributed by atoms with van der Waals surface area (Å²) in [5.41, 5.74) is 7.85. The van der Waals surface area contributed by atoms with E-state index >= 15 is 0 Å². The first-order chi connectivity index (χ1) is 25.7. The average molecular weight is 666 g/mol. The number of furan rings is 2. The Morgan fingerprint density at radius 3 is 1.79 bits per heavy atom. The van der Waals surface area contributed by atoms with Gasteiger partial charge in [0.2, 0.25) is 0 Å². The number of hydrogen-bond donors (Lipinski definition) is 0. The third-order valence-electron chi connectivity index (χ3n) is 10.1. The summed E-state index contributed by atoms with van der Waals surface area (Å²) in [4.78, 5) is 15.6. The van der Waals surface area contributed by atoms with Gasteiger partial charge in [-0.15, -0.1) is 0 Å².